The van der Waals surface area contributed by atoms with Crippen LogP contribution in [0, 0.1) is 0 Å². The monoisotopic (exact) mass is 440 g/mol. The molecule has 0 spiro atoms. The molecule has 0 saturated heterocycles. The Balaban J connectivity index is 2.36. The second kappa shape index (κ2) is 14.6. The van der Waals surface area contributed by atoms with Gasteiger partial charge in [-0.25, -0.2) is 0 Å². The molecule has 2 rings (SSSR count). The van der Waals surface area contributed by atoms with Crippen molar-refractivity contribution < 1.29 is 0 Å². The van der Waals surface area contributed by atoms with Crippen LogP contribution in [0.15, 0.2) is 70.6 Å². The van der Waals surface area contributed by atoms with Crippen LogP contribution in [0.3, 0.4) is 0 Å². The Hall–Kier alpha value is -1.36. The molecule has 0 amide bonds. The average Bonchev–Trinajstić information content (AvgIpc) is 2.81. The summed E-state index contributed by atoms with van der Waals surface area (Å²) in [7, 11) is 0.123. The first-order chi connectivity index (χ1) is 14.7. The molecule has 0 aliphatic heterocycles. The van der Waals surface area contributed by atoms with Crippen LogP contribution >= 0.6 is 15.8 Å². The summed E-state index contributed by atoms with van der Waals surface area (Å²) in [5.41, 5.74) is 2.48. The van der Waals surface area contributed by atoms with E-state index in [0.717, 1.165) is 12.3 Å². The van der Waals surface area contributed by atoms with E-state index in [0.29, 0.717) is 0 Å². The van der Waals surface area contributed by atoms with Crippen molar-refractivity contribution in [2.45, 2.75) is 39.8 Å². The van der Waals surface area contributed by atoms with Crippen LogP contribution in [0.4, 0.5) is 0 Å². The average molecular weight is 441 g/mol. The fourth-order valence-electron chi connectivity index (χ4n) is 3.52. The van der Waals surface area contributed by atoms with E-state index >= 15 is 0 Å². The van der Waals surface area contributed by atoms with Crippen LogP contribution in [-0.4, -0.2) is 49.4 Å². The fraction of sp³-hybridized carbons (Fsp3) is 0.462. The Morgan fingerprint density at radius 2 is 0.933 bits per heavy atom. The van der Waals surface area contributed by atoms with Crippen molar-refractivity contribution in [2.24, 2.45) is 9.98 Å². The lowest BCUT2D eigenvalue weighted by Gasteiger charge is -2.23. The first-order valence-corrected chi connectivity index (χ1v) is 15.1. The van der Waals surface area contributed by atoms with Crippen LogP contribution in [0.1, 0.15) is 50.9 Å². The predicted molar refractivity (Wildman–Crippen MR) is 141 cm³/mol. The standard InChI is InChI=1S/C26H38N2P2/c1-5-29(6-2)21-19-27-25(23-15-11-9-12-16-23)26(24-17-13-10-14-18-24)28-20-22-30(7-3)8-4/h9-20,25-26H,5-8,21-22H2,1-4H3/t25-,26-/m0/s1. The SMILES string of the molecule is CCP(CC)CC=N[C@@H](c1ccccc1)[C@@H](N=CCP(CC)CC)c1ccccc1. The van der Waals surface area contributed by atoms with Crippen LogP contribution in [0.2, 0.25) is 0 Å². The molecule has 0 saturated carbocycles. The van der Waals surface area contributed by atoms with E-state index in [1.165, 1.54) is 35.8 Å². The van der Waals surface area contributed by atoms with Crippen LogP contribution in [0.25, 0.3) is 0 Å². The lowest BCUT2D eigenvalue weighted by molar-refractivity contribution is 0.583. The van der Waals surface area contributed by atoms with Gasteiger partial charge in [-0.1, -0.05) is 88.4 Å². The summed E-state index contributed by atoms with van der Waals surface area (Å²) in [4.78, 5) is 10.3. The lowest BCUT2D eigenvalue weighted by atomic mass is 9.94. The Morgan fingerprint density at radius 1 is 0.600 bits per heavy atom. The lowest BCUT2D eigenvalue weighted by Crippen LogP contribution is -2.10. The van der Waals surface area contributed by atoms with Gasteiger partial charge in [0.2, 0.25) is 0 Å². The van der Waals surface area contributed by atoms with Gasteiger partial charge in [-0.15, -0.1) is 15.8 Å². The summed E-state index contributed by atoms with van der Waals surface area (Å²) in [6.45, 7) is 9.20. The highest BCUT2D eigenvalue weighted by Gasteiger charge is 2.23. The van der Waals surface area contributed by atoms with Crippen molar-refractivity contribution in [3.63, 3.8) is 0 Å². The Bertz CT molecular complexity index is 673. The summed E-state index contributed by atoms with van der Waals surface area (Å²) < 4.78 is 0. The highest BCUT2D eigenvalue weighted by Crippen LogP contribution is 2.38. The highest BCUT2D eigenvalue weighted by atomic mass is 31.1. The molecule has 0 heterocycles. The van der Waals surface area contributed by atoms with Gasteiger partial charge in [0.25, 0.3) is 0 Å². The number of rotatable bonds is 13. The van der Waals surface area contributed by atoms with Gasteiger partial charge in [-0.2, -0.15) is 0 Å². The summed E-state index contributed by atoms with van der Waals surface area (Å²) in [5, 5.41) is 0. The van der Waals surface area contributed by atoms with E-state index in [1.807, 2.05) is 0 Å². The molecule has 2 atom stereocenters. The van der Waals surface area contributed by atoms with Crippen molar-refractivity contribution in [3.05, 3.63) is 71.8 Å². The third-order valence-corrected chi connectivity index (χ3v) is 10.5. The topological polar surface area (TPSA) is 24.7 Å². The highest BCUT2D eigenvalue weighted by molar-refractivity contribution is 7.58. The molecule has 0 radical (unpaired) electrons. The number of hydrogen-bond donors (Lipinski definition) is 0. The zero-order chi connectivity index (χ0) is 21.6. The summed E-state index contributed by atoms with van der Waals surface area (Å²) >= 11 is 0. The maximum absolute atomic E-state index is 5.13. The van der Waals surface area contributed by atoms with Crippen LogP contribution in [-0.2, 0) is 0 Å². The number of aliphatic imine (C=N–C) groups is 2. The number of hydrogen-bond acceptors (Lipinski definition) is 2. The van der Waals surface area contributed by atoms with E-state index in [2.05, 4.69) is 101 Å². The Kier molecular flexibility index (Phi) is 12.1. The van der Waals surface area contributed by atoms with E-state index in [9.17, 15) is 0 Å². The molecule has 0 aliphatic rings. The van der Waals surface area contributed by atoms with Crippen molar-refractivity contribution in [1.82, 2.24) is 0 Å². The van der Waals surface area contributed by atoms with E-state index in [4.69, 9.17) is 9.98 Å². The summed E-state index contributed by atoms with van der Waals surface area (Å²) in [5.74, 6) is 0. The number of nitrogens with zero attached hydrogens (tertiary/aromatic N) is 2. The second-order valence-electron chi connectivity index (χ2n) is 7.35. The molecule has 0 N–H and O–H groups in total. The van der Waals surface area contributed by atoms with Gasteiger partial charge in [0.05, 0.1) is 0 Å². The van der Waals surface area contributed by atoms with E-state index in [1.54, 1.807) is 0 Å². The summed E-state index contributed by atoms with van der Waals surface area (Å²) in [6, 6.07) is 21.4. The maximum Gasteiger partial charge on any atom is 0.101 e. The molecule has 0 unspecified atom stereocenters. The zero-order valence-corrected chi connectivity index (χ0v) is 20.9. The van der Waals surface area contributed by atoms with Crippen molar-refractivity contribution >= 4 is 28.3 Å². The molecule has 0 aliphatic carbocycles. The quantitative estimate of drug-likeness (QED) is 0.226. The van der Waals surface area contributed by atoms with Crippen molar-refractivity contribution in [1.29, 1.82) is 0 Å². The third-order valence-electron chi connectivity index (χ3n) is 5.58. The molecular formula is C26H38N2P2. The largest absolute Gasteiger partial charge is 0.286 e. The van der Waals surface area contributed by atoms with Crippen LogP contribution in [0.5, 0.6) is 0 Å². The minimum atomic E-state index is 0.0184. The van der Waals surface area contributed by atoms with Gasteiger partial charge in [-0.05, 0) is 35.8 Å². The predicted octanol–water partition coefficient (Wildman–Crippen LogP) is 7.65. The number of benzene rings is 2. The molecule has 0 aromatic heterocycles. The molecule has 2 aromatic rings. The molecular weight excluding hydrogens is 402 g/mol. The molecule has 0 fully saturated rings. The van der Waals surface area contributed by atoms with Gasteiger partial charge < -0.3 is 0 Å². The van der Waals surface area contributed by atoms with E-state index < -0.39 is 0 Å². The molecule has 162 valence electrons. The summed E-state index contributed by atoms with van der Waals surface area (Å²) in [6.07, 6.45) is 11.7. The van der Waals surface area contributed by atoms with E-state index in [-0.39, 0.29) is 27.9 Å². The minimum Gasteiger partial charge on any atom is -0.286 e. The second-order valence-corrected chi connectivity index (χ2v) is 13.3. The Labute approximate surface area is 186 Å². The van der Waals surface area contributed by atoms with Crippen molar-refractivity contribution in [2.75, 3.05) is 37.0 Å². The molecule has 4 heteroatoms. The zero-order valence-electron chi connectivity index (χ0n) is 19.1. The van der Waals surface area contributed by atoms with Gasteiger partial charge in [-0.3, -0.25) is 9.98 Å². The van der Waals surface area contributed by atoms with Crippen LogP contribution < -0.4 is 0 Å². The molecule has 0 bridgehead atoms. The van der Waals surface area contributed by atoms with Gasteiger partial charge in [0.1, 0.15) is 12.1 Å². The smallest absolute Gasteiger partial charge is 0.101 e. The van der Waals surface area contributed by atoms with Crippen molar-refractivity contribution in [3.8, 4) is 0 Å². The van der Waals surface area contributed by atoms with Gasteiger partial charge in [0, 0.05) is 24.8 Å². The molecule has 2 nitrogen and oxygen atoms in total. The minimum absolute atomic E-state index is 0.0184. The first-order valence-electron chi connectivity index (χ1n) is 11.3. The third kappa shape index (κ3) is 8.05. The Morgan fingerprint density at radius 3 is 1.23 bits per heavy atom. The fourth-order valence-corrected chi connectivity index (χ4v) is 6.09. The first kappa shape index (κ1) is 24.9. The maximum atomic E-state index is 5.13. The molecule has 30 heavy (non-hydrogen) atoms. The van der Waals surface area contributed by atoms with Gasteiger partial charge >= 0.3 is 0 Å². The normalized spacial score (nSPS) is 14.2. The van der Waals surface area contributed by atoms with Gasteiger partial charge in [0.15, 0.2) is 0 Å². The molecule has 2 aromatic carbocycles.